The van der Waals surface area contributed by atoms with Crippen molar-refractivity contribution >= 4 is 11.6 Å². The molecule has 1 saturated heterocycles. The first kappa shape index (κ1) is 11.9. The minimum absolute atomic E-state index is 0.330. The number of likely N-dealkylation sites (tertiary alicyclic amines) is 1. The number of hydrogen-bond acceptors (Lipinski definition) is 2. The highest BCUT2D eigenvalue weighted by Gasteiger charge is 2.21. The van der Waals surface area contributed by atoms with E-state index in [1.807, 2.05) is 12.1 Å². The van der Waals surface area contributed by atoms with Crippen molar-refractivity contribution in [3.8, 4) is 0 Å². The van der Waals surface area contributed by atoms with Gasteiger partial charge >= 0.3 is 0 Å². The minimum atomic E-state index is 0.330. The predicted octanol–water partition coefficient (Wildman–Crippen LogP) is 2.51. The van der Waals surface area contributed by atoms with E-state index in [4.69, 9.17) is 17.3 Å². The maximum Gasteiger partial charge on any atom is 0.0406 e. The molecule has 2 rings (SSSR count). The van der Waals surface area contributed by atoms with Crippen LogP contribution < -0.4 is 5.73 Å². The normalized spacial score (nSPS) is 26.9. The van der Waals surface area contributed by atoms with Gasteiger partial charge < -0.3 is 5.73 Å². The standard InChI is InChI=1S/C13H19ClN2/c1-10-6-13(15)9-16(7-10)8-11-2-4-12(14)5-3-11/h2-5,10,13H,6-9,15H2,1H3. The van der Waals surface area contributed by atoms with E-state index in [1.165, 1.54) is 5.56 Å². The van der Waals surface area contributed by atoms with Gasteiger partial charge in [0.1, 0.15) is 0 Å². The Morgan fingerprint density at radius 1 is 1.31 bits per heavy atom. The molecule has 1 fully saturated rings. The third-order valence-corrected chi connectivity index (χ3v) is 3.34. The summed E-state index contributed by atoms with van der Waals surface area (Å²) in [6.45, 7) is 5.41. The zero-order valence-corrected chi connectivity index (χ0v) is 10.5. The summed E-state index contributed by atoms with van der Waals surface area (Å²) in [6, 6.07) is 8.41. The van der Waals surface area contributed by atoms with Crippen molar-refractivity contribution < 1.29 is 0 Å². The fourth-order valence-electron chi connectivity index (χ4n) is 2.49. The maximum atomic E-state index is 6.03. The van der Waals surface area contributed by atoms with Gasteiger partial charge in [0.15, 0.2) is 0 Å². The van der Waals surface area contributed by atoms with Crippen LogP contribution in [0.15, 0.2) is 24.3 Å². The molecule has 0 amide bonds. The zero-order chi connectivity index (χ0) is 11.5. The van der Waals surface area contributed by atoms with Gasteiger partial charge in [-0.3, -0.25) is 4.90 Å². The molecule has 0 aromatic heterocycles. The molecule has 0 spiro atoms. The van der Waals surface area contributed by atoms with Gasteiger partial charge in [-0.05, 0) is 30.0 Å². The van der Waals surface area contributed by atoms with E-state index in [-0.39, 0.29) is 0 Å². The molecule has 1 aromatic carbocycles. The van der Waals surface area contributed by atoms with Crippen LogP contribution in [0, 0.1) is 5.92 Å². The topological polar surface area (TPSA) is 29.3 Å². The van der Waals surface area contributed by atoms with Crippen LogP contribution >= 0.6 is 11.6 Å². The summed E-state index contributed by atoms with van der Waals surface area (Å²) in [5.74, 6) is 0.705. The summed E-state index contributed by atoms with van der Waals surface area (Å²) in [5, 5.41) is 0.799. The molecule has 3 heteroatoms. The highest BCUT2D eigenvalue weighted by atomic mass is 35.5. The Bertz CT molecular complexity index is 326. The summed E-state index contributed by atoms with van der Waals surface area (Å²) >= 11 is 5.87. The van der Waals surface area contributed by atoms with E-state index in [0.29, 0.717) is 12.0 Å². The zero-order valence-electron chi connectivity index (χ0n) is 9.70. The third kappa shape index (κ3) is 3.21. The summed E-state index contributed by atoms with van der Waals surface area (Å²) < 4.78 is 0. The summed E-state index contributed by atoms with van der Waals surface area (Å²) in [7, 11) is 0. The maximum absolute atomic E-state index is 6.03. The second kappa shape index (κ2) is 5.17. The molecule has 16 heavy (non-hydrogen) atoms. The largest absolute Gasteiger partial charge is 0.327 e. The number of nitrogens with zero attached hydrogens (tertiary/aromatic N) is 1. The van der Waals surface area contributed by atoms with E-state index in [0.717, 1.165) is 31.1 Å². The molecular weight excluding hydrogens is 220 g/mol. The molecule has 88 valence electrons. The molecule has 2 N–H and O–H groups in total. The van der Waals surface area contributed by atoms with Crippen LogP contribution in [-0.4, -0.2) is 24.0 Å². The molecule has 2 atom stereocenters. The molecule has 0 aliphatic carbocycles. The first-order chi connectivity index (χ1) is 7.63. The minimum Gasteiger partial charge on any atom is -0.327 e. The lowest BCUT2D eigenvalue weighted by molar-refractivity contribution is 0.158. The number of benzene rings is 1. The van der Waals surface area contributed by atoms with Crippen molar-refractivity contribution in [1.29, 1.82) is 0 Å². The molecule has 2 unspecified atom stereocenters. The molecule has 1 aliphatic rings. The van der Waals surface area contributed by atoms with Crippen LogP contribution in [0.2, 0.25) is 5.02 Å². The SMILES string of the molecule is CC1CC(N)CN(Cc2ccc(Cl)cc2)C1. The monoisotopic (exact) mass is 238 g/mol. The van der Waals surface area contributed by atoms with E-state index < -0.39 is 0 Å². The number of hydrogen-bond donors (Lipinski definition) is 1. The van der Waals surface area contributed by atoms with Crippen molar-refractivity contribution in [2.45, 2.75) is 25.9 Å². The van der Waals surface area contributed by atoms with Gasteiger partial charge in [0.25, 0.3) is 0 Å². The smallest absolute Gasteiger partial charge is 0.0406 e. The quantitative estimate of drug-likeness (QED) is 0.858. The van der Waals surface area contributed by atoms with Crippen molar-refractivity contribution in [3.05, 3.63) is 34.9 Å². The highest BCUT2D eigenvalue weighted by molar-refractivity contribution is 6.30. The van der Waals surface area contributed by atoms with Crippen molar-refractivity contribution in [1.82, 2.24) is 4.90 Å². The molecule has 0 radical (unpaired) electrons. The molecule has 1 heterocycles. The summed E-state index contributed by atoms with van der Waals surface area (Å²) in [5.41, 5.74) is 7.34. The van der Waals surface area contributed by atoms with Gasteiger partial charge in [-0.25, -0.2) is 0 Å². The first-order valence-electron chi connectivity index (χ1n) is 5.86. The lowest BCUT2D eigenvalue weighted by atomic mass is 9.96. The van der Waals surface area contributed by atoms with Gasteiger partial charge in [-0.2, -0.15) is 0 Å². The first-order valence-corrected chi connectivity index (χ1v) is 6.23. The Labute approximate surface area is 102 Å². The average Bonchev–Trinajstić information content (AvgIpc) is 2.20. The molecule has 0 bridgehead atoms. The number of rotatable bonds is 2. The van der Waals surface area contributed by atoms with Gasteiger partial charge in [-0.1, -0.05) is 30.7 Å². The van der Waals surface area contributed by atoms with E-state index in [9.17, 15) is 0 Å². The van der Waals surface area contributed by atoms with E-state index in [2.05, 4.69) is 24.0 Å². The van der Waals surface area contributed by atoms with Gasteiger partial charge in [0.2, 0.25) is 0 Å². The van der Waals surface area contributed by atoms with Crippen molar-refractivity contribution in [2.24, 2.45) is 11.7 Å². The Hall–Kier alpha value is -0.570. The van der Waals surface area contributed by atoms with E-state index in [1.54, 1.807) is 0 Å². The lowest BCUT2D eigenvalue weighted by Crippen LogP contribution is -2.45. The van der Waals surface area contributed by atoms with E-state index >= 15 is 0 Å². The summed E-state index contributed by atoms with van der Waals surface area (Å²) in [6.07, 6.45) is 1.15. The molecular formula is C13H19ClN2. The molecule has 1 aromatic rings. The Kier molecular flexibility index (Phi) is 3.85. The van der Waals surface area contributed by atoms with Crippen LogP contribution in [0.1, 0.15) is 18.9 Å². The number of nitrogens with two attached hydrogens (primary N) is 1. The van der Waals surface area contributed by atoms with Crippen molar-refractivity contribution in [3.63, 3.8) is 0 Å². The Morgan fingerprint density at radius 3 is 2.62 bits per heavy atom. The lowest BCUT2D eigenvalue weighted by Gasteiger charge is -2.34. The molecule has 1 aliphatic heterocycles. The van der Waals surface area contributed by atoms with Crippen LogP contribution in [0.4, 0.5) is 0 Å². The highest BCUT2D eigenvalue weighted by Crippen LogP contribution is 2.18. The Balaban J connectivity index is 1.96. The average molecular weight is 239 g/mol. The third-order valence-electron chi connectivity index (χ3n) is 3.09. The van der Waals surface area contributed by atoms with Gasteiger partial charge in [0.05, 0.1) is 0 Å². The Morgan fingerprint density at radius 2 is 2.00 bits per heavy atom. The second-order valence-electron chi connectivity index (χ2n) is 4.92. The fraction of sp³-hybridized carbons (Fsp3) is 0.538. The fourth-order valence-corrected chi connectivity index (χ4v) is 2.62. The van der Waals surface area contributed by atoms with Crippen LogP contribution in [0.5, 0.6) is 0 Å². The summed E-state index contributed by atoms with van der Waals surface area (Å²) in [4.78, 5) is 2.43. The van der Waals surface area contributed by atoms with Gasteiger partial charge in [-0.15, -0.1) is 0 Å². The molecule has 0 saturated carbocycles. The van der Waals surface area contributed by atoms with Crippen molar-refractivity contribution in [2.75, 3.05) is 13.1 Å². The molecule has 2 nitrogen and oxygen atoms in total. The van der Waals surface area contributed by atoms with Crippen LogP contribution in [0.3, 0.4) is 0 Å². The van der Waals surface area contributed by atoms with Crippen LogP contribution in [0.25, 0.3) is 0 Å². The second-order valence-corrected chi connectivity index (χ2v) is 5.36. The van der Waals surface area contributed by atoms with Gasteiger partial charge in [0, 0.05) is 30.7 Å². The number of piperidine rings is 1. The number of halogens is 1. The van der Waals surface area contributed by atoms with Crippen LogP contribution in [-0.2, 0) is 6.54 Å². The predicted molar refractivity (Wildman–Crippen MR) is 68.5 cm³/mol.